The van der Waals surface area contributed by atoms with Crippen molar-refractivity contribution in [2.45, 2.75) is 70.4 Å². The highest BCUT2D eigenvalue weighted by atomic mass is 16.4. The second kappa shape index (κ2) is 9.18. The maximum atomic E-state index is 12.0. The van der Waals surface area contributed by atoms with E-state index in [1.165, 1.54) is 10.5 Å². The number of fused-ring (bicyclic) bond motifs is 3. The Morgan fingerprint density at radius 1 is 1.15 bits per heavy atom. The zero-order chi connectivity index (χ0) is 22.9. The summed E-state index contributed by atoms with van der Waals surface area (Å²) < 4.78 is 2.50. The maximum absolute atomic E-state index is 12.0. The number of aromatic nitrogens is 2. The molecule has 174 valence electrons. The lowest BCUT2D eigenvalue weighted by Crippen LogP contribution is -2.41. The van der Waals surface area contributed by atoms with Gasteiger partial charge >= 0.3 is 6.09 Å². The number of nitrogens with one attached hydrogen (secondary N) is 1. The van der Waals surface area contributed by atoms with Gasteiger partial charge in [0.25, 0.3) is 0 Å². The Morgan fingerprint density at radius 3 is 2.76 bits per heavy atom. The standard InChI is InChI=1S/C27H34N4O2/c1-18(17-20-7-4-3-5-8-20)26-29-25-22-11-10-19(2)30(27(32)33)23(22)12-13-24(25)31(26)21-9-6-15-28-16-14-21/h3-5,7-8,12-13,18-19,21,28H,6,9-11,14-17H2,1-2H3,(H,32,33). The molecule has 0 saturated carbocycles. The topological polar surface area (TPSA) is 70.4 Å². The monoisotopic (exact) mass is 446 g/mol. The first-order chi connectivity index (χ1) is 16.0. The molecule has 0 aliphatic carbocycles. The van der Waals surface area contributed by atoms with Crippen molar-refractivity contribution in [2.24, 2.45) is 0 Å². The van der Waals surface area contributed by atoms with Gasteiger partial charge < -0.3 is 15.0 Å². The minimum atomic E-state index is -0.880. The molecule has 0 spiro atoms. The lowest BCUT2D eigenvalue weighted by atomic mass is 9.95. The van der Waals surface area contributed by atoms with E-state index in [9.17, 15) is 9.90 Å². The van der Waals surface area contributed by atoms with E-state index in [0.29, 0.717) is 6.04 Å². The lowest BCUT2D eigenvalue weighted by molar-refractivity contribution is 0.198. The van der Waals surface area contributed by atoms with Crippen LogP contribution >= 0.6 is 0 Å². The van der Waals surface area contributed by atoms with Crippen LogP contribution in [0.5, 0.6) is 0 Å². The molecular formula is C27H34N4O2. The number of carboxylic acid groups (broad SMARTS) is 1. The van der Waals surface area contributed by atoms with E-state index in [0.717, 1.165) is 79.7 Å². The molecule has 6 nitrogen and oxygen atoms in total. The van der Waals surface area contributed by atoms with Crippen molar-refractivity contribution in [2.75, 3.05) is 18.0 Å². The second-order valence-electron chi connectivity index (χ2n) is 9.74. The van der Waals surface area contributed by atoms with Gasteiger partial charge in [0, 0.05) is 23.6 Å². The van der Waals surface area contributed by atoms with Crippen molar-refractivity contribution in [3.63, 3.8) is 0 Å². The fraction of sp³-hybridized carbons (Fsp3) is 0.481. The van der Waals surface area contributed by atoms with Gasteiger partial charge in [0.05, 0.1) is 16.7 Å². The SMILES string of the molecule is CC(Cc1ccccc1)c1nc2c3c(ccc2n1C1CCCNCC1)N(C(=O)O)C(C)CC3. The molecule has 5 rings (SSSR count). The van der Waals surface area contributed by atoms with E-state index in [4.69, 9.17) is 4.98 Å². The van der Waals surface area contributed by atoms with E-state index in [1.54, 1.807) is 0 Å². The number of benzene rings is 2. The fourth-order valence-electron chi connectivity index (χ4n) is 5.76. The summed E-state index contributed by atoms with van der Waals surface area (Å²) in [5.41, 5.74) is 5.38. The van der Waals surface area contributed by atoms with Crippen LogP contribution in [0.15, 0.2) is 42.5 Å². The number of aryl methyl sites for hydroxylation is 1. The molecular weight excluding hydrogens is 412 g/mol. The van der Waals surface area contributed by atoms with Crippen LogP contribution < -0.4 is 10.2 Å². The molecule has 3 heterocycles. The summed E-state index contributed by atoms with van der Waals surface area (Å²) in [5, 5.41) is 13.4. The summed E-state index contributed by atoms with van der Waals surface area (Å²) in [4.78, 5) is 18.8. The van der Waals surface area contributed by atoms with Gasteiger partial charge in [-0.15, -0.1) is 0 Å². The number of rotatable bonds is 4. The number of anilines is 1. The minimum Gasteiger partial charge on any atom is -0.465 e. The van der Waals surface area contributed by atoms with Crippen molar-refractivity contribution >= 4 is 22.8 Å². The average molecular weight is 447 g/mol. The molecule has 0 bridgehead atoms. The Morgan fingerprint density at radius 2 is 1.97 bits per heavy atom. The van der Waals surface area contributed by atoms with E-state index < -0.39 is 6.09 Å². The van der Waals surface area contributed by atoms with Crippen LogP contribution in [-0.2, 0) is 12.8 Å². The first kappa shape index (κ1) is 22.0. The highest BCUT2D eigenvalue weighted by Crippen LogP contribution is 2.39. The van der Waals surface area contributed by atoms with E-state index >= 15 is 0 Å². The smallest absolute Gasteiger partial charge is 0.412 e. The van der Waals surface area contributed by atoms with Gasteiger partial charge in [0.1, 0.15) is 5.82 Å². The highest BCUT2D eigenvalue weighted by molar-refractivity contribution is 5.94. The Bertz CT molecular complexity index is 1130. The molecule has 6 heteroatoms. The lowest BCUT2D eigenvalue weighted by Gasteiger charge is -2.33. The first-order valence-electron chi connectivity index (χ1n) is 12.3. The molecule has 1 aromatic heterocycles. The third-order valence-electron chi connectivity index (χ3n) is 7.42. The third kappa shape index (κ3) is 4.12. The second-order valence-corrected chi connectivity index (χ2v) is 9.74. The Labute approximate surface area is 195 Å². The normalized spacial score (nSPS) is 22.1. The predicted molar refractivity (Wildman–Crippen MR) is 132 cm³/mol. The number of carbonyl (C=O) groups is 1. The maximum Gasteiger partial charge on any atom is 0.412 e. The number of amides is 1. The molecule has 1 saturated heterocycles. The predicted octanol–water partition coefficient (Wildman–Crippen LogP) is 5.52. The zero-order valence-electron chi connectivity index (χ0n) is 19.6. The van der Waals surface area contributed by atoms with Crippen LogP contribution in [0.3, 0.4) is 0 Å². The van der Waals surface area contributed by atoms with Crippen LogP contribution in [0.25, 0.3) is 11.0 Å². The number of nitrogens with zero attached hydrogens (tertiary/aromatic N) is 3. The van der Waals surface area contributed by atoms with Crippen LogP contribution in [0.4, 0.5) is 10.5 Å². The summed E-state index contributed by atoms with van der Waals surface area (Å²) in [6, 6.07) is 15.2. The van der Waals surface area contributed by atoms with Gasteiger partial charge in [-0.25, -0.2) is 9.78 Å². The molecule has 3 aromatic rings. The van der Waals surface area contributed by atoms with E-state index in [-0.39, 0.29) is 12.0 Å². The molecule has 2 N–H and O–H groups in total. The van der Waals surface area contributed by atoms with Crippen molar-refractivity contribution < 1.29 is 9.90 Å². The van der Waals surface area contributed by atoms with Crippen LogP contribution in [0.2, 0.25) is 0 Å². The van der Waals surface area contributed by atoms with Gasteiger partial charge in [0.2, 0.25) is 0 Å². The average Bonchev–Trinajstić information content (AvgIpc) is 2.99. The molecule has 2 aliphatic heterocycles. The molecule has 2 aliphatic rings. The van der Waals surface area contributed by atoms with Crippen LogP contribution in [0, 0.1) is 0 Å². The largest absolute Gasteiger partial charge is 0.465 e. The molecule has 1 amide bonds. The molecule has 2 aromatic carbocycles. The highest BCUT2D eigenvalue weighted by Gasteiger charge is 2.32. The molecule has 33 heavy (non-hydrogen) atoms. The number of imidazole rings is 1. The summed E-state index contributed by atoms with van der Waals surface area (Å²) in [6.45, 7) is 6.36. The quantitative estimate of drug-likeness (QED) is 0.554. The van der Waals surface area contributed by atoms with Gasteiger partial charge in [-0.1, -0.05) is 37.3 Å². The Balaban J connectivity index is 1.64. The summed E-state index contributed by atoms with van der Waals surface area (Å²) >= 11 is 0. The number of hydrogen-bond acceptors (Lipinski definition) is 3. The van der Waals surface area contributed by atoms with Gasteiger partial charge in [-0.05, 0) is 76.2 Å². The summed E-state index contributed by atoms with van der Waals surface area (Å²) in [7, 11) is 0. The van der Waals surface area contributed by atoms with Crippen LogP contribution in [-0.4, -0.2) is 39.9 Å². The van der Waals surface area contributed by atoms with E-state index in [1.807, 2.05) is 13.0 Å². The van der Waals surface area contributed by atoms with Crippen LogP contribution in [0.1, 0.15) is 68.4 Å². The van der Waals surface area contributed by atoms with Crippen molar-refractivity contribution in [3.05, 3.63) is 59.4 Å². The Hall–Kier alpha value is -2.86. The van der Waals surface area contributed by atoms with Crippen molar-refractivity contribution in [1.82, 2.24) is 14.9 Å². The van der Waals surface area contributed by atoms with E-state index in [2.05, 4.69) is 53.2 Å². The van der Waals surface area contributed by atoms with Gasteiger partial charge in [-0.2, -0.15) is 0 Å². The zero-order valence-corrected chi connectivity index (χ0v) is 19.6. The van der Waals surface area contributed by atoms with Gasteiger partial charge in [0.15, 0.2) is 0 Å². The van der Waals surface area contributed by atoms with Crippen molar-refractivity contribution in [3.8, 4) is 0 Å². The third-order valence-corrected chi connectivity index (χ3v) is 7.42. The minimum absolute atomic E-state index is 0.0149. The van der Waals surface area contributed by atoms with Crippen molar-refractivity contribution in [1.29, 1.82) is 0 Å². The summed E-state index contributed by atoms with van der Waals surface area (Å²) in [6.07, 6.45) is 5.14. The number of hydrogen-bond donors (Lipinski definition) is 2. The molecule has 0 radical (unpaired) electrons. The molecule has 1 fully saturated rings. The summed E-state index contributed by atoms with van der Waals surface area (Å²) in [5.74, 6) is 1.40. The molecule has 3 unspecified atom stereocenters. The Kier molecular flexibility index (Phi) is 6.11. The first-order valence-corrected chi connectivity index (χ1v) is 12.3. The van der Waals surface area contributed by atoms with Gasteiger partial charge in [-0.3, -0.25) is 4.90 Å². The fourth-order valence-corrected chi connectivity index (χ4v) is 5.76. The molecule has 3 atom stereocenters.